The lowest BCUT2D eigenvalue weighted by molar-refractivity contribution is 0.0187. The first-order chi connectivity index (χ1) is 18.5. The average Bonchev–Trinajstić information content (AvgIpc) is 3.64. The molecule has 0 radical (unpaired) electrons. The molecule has 1 aliphatic carbocycles. The van der Waals surface area contributed by atoms with Gasteiger partial charge in [-0.25, -0.2) is 4.98 Å². The molecule has 1 saturated heterocycles. The molecule has 2 aromatic heterocycles. The van der Waals surface area contributed by atoms with Crippen LogP contribution < -0.4 is 21.7 Å². The summed E-state index contributed by atoms with van der Waals surface area (Å²) in [6, 6.07) is 19.9. The number of nitrogens with zero attached hydrogens (tertiary/aromatic N) is 5. The van der Waals surface area contributed by atoms with Crippen molar-refractivity contribution in [2.75, 3.05) is 29.9 Å². The zero-order chi connectivity index (χ0) is 26.2. The lowest BCUT2D eigenvalue weighted by Gasteiger charge is -2.22. The predicted molar refractivity (Wildman–Crippen MR) is 147 cm³/mol. The van der Waals surface area contributed by atoms with E-state index in [1.54, 1.807) is 6.33 Å². The largest absolute Gasteiger partial charge is 0.389 e. The Morgan fingerprint density at radius 1 is 0.947 bits per heavy atom. The van der Waals surface area contributed by atoms with E-state index in [1.165, 1.54) is 11.1 Å². The number of benzene rings is 2. The zero-order valence-corrected chi connectivity index (χ0v) is 21.1. The van der Waals surface area contributed by atoms with Gasteiger partial charge >= 0.3 is 0 Å². The van der Waals surface area contributed by atoms with Gasteiger partial charge in [0, 0.05) is 37.6 Å². The summed E-state index contributed by atoms with van der Waals surface area (Å²) in [5, 5.41) is 24.6. The number of aromatic nitrogens is 4. The Bertz CT molecular complexity index is 1340. The van der Waals surface area contributed by atoms with Crippen molar-refractivity contribution in [2.24, 2.45) is 11.5 Å². The summed E-state index contributed by atoms with van der Waals surface area (Å²) in [6.07, 6.45) is 0.961. The minimum Gasteiger partial charge on any atom is -0.389 e. The second-order valence-electron chi connectivity index (χ2n) is 10.4. The molecule has 6 rings (SSSR count). The van der Waals surface area contributed by atoms with Crippen LogP contribution in [0.4, 0.5) is 11.8 Å². The quantitative estimate of drug-likeness (QED) is 0.248. The topological polar surface area (TPSA) is 151 Å². The average molecular weight is 515 g/mol. The van der Waals surface area contributed by atoms with Crippen LogP contribution in [0.1, 0.15) is 35.9 Å². The Kier molecular flexibility index (Phi) is 6.71. The van der Waals surface area contributed by atoms with Gasteiger partial charge in [0.05, 0.1) is 18.5 Å². The molecule has 0 spiro atoms. The molecule has 2 aliphatic rings. The minimum absolute atomic E-state index is 0.0703. The van der Waals surface area contributed by atoms with Gasteiger partial charge in [0.2, 0.25) is 5.95 Å². The van der Waals surface area contributed by atoms with Crippen LogP contribution >= 0.6 is 0 Å². The van der Waals surface area contributed by atoms with Gasteiger partial charge in [-0.3, -0.25) is 0 Å². The third-order valence-electron chi connectivity index (χ3n) is 7.85. The summed E-state index contributed by atoms with van der Waals surface area (Å²) >= 11 is 0. The van der Waals surface area contributed by atoms with Crippen molar-refractivity contribution >= 4 is 22.9 Å². The summed E-state index contributed by atoms with van der Waals surface area (Å²) in [5.74, 6) is 1.29. The van der Waals surface area contributed by atoms with Crippen LogP contribution in [-0.2, 0) is 0 Å². The Balaban J connectivity index is 1.38. The first-order valence-corrected chi connectivity index (χ1v) is 13.2. The first kappa shape index (κ1) is 24.7. The van der Waals surface area contributed by atoms with Crippen LogP contribution in [-0.4, -0.2) is 73.7 Å². The number of hydrogen-bond donors (Lipinski definition) is 5. The third-order valence-corrected chi connectivity index (χ3v) is 7.85. The van der Waals surface area contributed by atoms with E-state index in [4.69, 9.17) is 21.4 Å². The Hall–Kier alpha value is -3.57. The molecule has 1 aliphatic heterocycles. The van der Waals surface area contributed by atoms with Crippen molar-refractivity contribution < 1.29 is 10.2 Å². The van der Waals surface area contributed by atoms with Gasteiger partial charge in [0.1, 0.15) is 6.10 Å². The number of anilines is 2. The molecule has 10 heteroatoms. The molecule has 0 amide bonds. The van der Waals surface area contributed by atoms with Gasteiger partial charge in [-0.15, -0.1) is 0 Å². The highest BCUT2D eigenvalue weighted by atomic mass is 16.3. The van der Waals surface area contributed by atoms with Gasteiger partial charge in [-0.05, 0) is 24.0 Å². The second-order valence-corrected chi connectivity index (χ2v) is 10.4. The number of rotatable bonds is 7. The zero-order valence-electron chi connectivity index (χ0n) is 21.1. The molecular weight excluding hydrogens is 480 g/mol. The maximum Gasteiger partial charge on any atom is 0.229 e. The molecule has 38 heavy (non-hydrogen) atoms. The van der Waals surface area contributed by atoms with Gasteiger partial charge in [0.25, 0.3) is 0 Å². The van der Waals surface area contributed by atoms with Crippen molar-refractivity contribution in [1.82, 2.24) is 19.5 Å². The number of aliphatic hydroxyl groups is 2. The van der Waals surface area contributed by atoms with E-state index in [0.29, 0.717) is 42.4 Å². The SMILES string of the molecule is N[C@@H]1CCN(c2nc(NCC(c3ccccc3)c3ccccc3)c3ncn([C@@H]4C[C@H](N)[C@@H](O)[C@H]4O)c3n2)C1. The van der Waals surface area contributed by atoms with E-state index in [0.717, 1.165) is 13.0 Å². The van der Waals surface area contributed by atoms with Crippen molar-refractivity contribution in [3.05, 3.63) is 78.1 Å². The van der Waals surface area contributed by atoms with Gasteiger partial charge < -0.3 is 36.5 Å². The maximum absolute atomic E-state index is 10.7. The number of fused-ring (bicyclic) bond motifs is 1. The summed E-state index contributed by atoms with van der Waals surface area (Å²) in [7, 11) is 0. The summed E-state index contributed by atoms with van der Waals surface area (Å²) in [5.41, 5.74) is 15.9. The van der Waals surface area contributed by atoms with Gasteiger partial charge in [-0.1, -0.05) is 60.7 Å². The molecule has 0 unspecified atom stereocenters. The highest BCUT2D eigenvalue weighted by Gasteiger charge is 2.41. The number of hydrogen-bond acceptors (Lipinski definition) is 9. The molecule has 10 nitrogen and oxygen atoms in total. The van der Waals surface area contributed by atoms with Crippen LogP contribution in [0.15, 0.2) is 67.0 Å². The highest BCUT2D eigenvalue weighted by Crippen LogP contribution is 2.34. The van der Waals surface area contributed by atoms with Gasteiger partial charge in [0.15, 0.2) is 17.0 Å². The molecule has 0 bridgehead atoms. The summed E-state index contributed by atoms with van der Waals surface area (Å²) in [6.45, 7) is 2.04. The number of aliphatic hydroxyl groups excluding tert-OH is 2. The molecule has 5 atom stereocenters. The molecule has 7 N–H and O–H groups in total. The van der Waals surface area contributed by atoms with Gasteiger partial charge in [-0.2, -0.15) is 9.97 Å². The van der Waals surface area contributed by atoms with Crippen LogP contribution in [0.3, 0.4) is 0 Å². The molecule has 3 heterocycles. The molecule has 198 valence electrons. The van der Waals surface area contributed by atoms with Crippen LogP contribution in [0.25, 0.3) is 11.2 Å². The summed E-state index contributed by atoms with van der Waals surface area (Å²) in [4.78, 5) is 16.5. The maximum atomic E-state index is 10.7. The van der Waals surface area contributed by atoms with E-state index in [2.05, 4.69) is 63.7 Å². The second kappa shape index (κ2) is 10.3. The molecule has 2 fully saturated rings. The van der Waals surface area contributed by atoms with Crippen LogP contribution in [0, 0.1) is 0 Å². The van der Waals surface area contributed by atoms with Crippen molar-refractivity contribution in [2.45, 2.75) is 49.1 Å². The lowest BCUT2D eigenvalue weighted by Crippen LogP contribution is -2.35. The van der Waals surface area contributed by atoms with E-state index in [1.807, 2.05) is 16.7 Å². The van der Waals surface area contributed by atoms with Crippen LogP contribution in [0.5, 0.6) is 0 Å². The number of imidazole rings is 1. The molecule has 4 aromatic rings. The van der Waals surface area contributed by atoms with Crippen LogP contribution in [0.2, 0.25) is 0 Å². The van der Waals surface area contributed by atoms with E-state index in [9.17, 15) is 10.2 Å². The highest BCUT2D eigenvalue weighted by molar-refractivity contribution is 5.84. The number of nitrogens with one attached hydrogen (secondary N) is 1. The van der Waals surface area contributed by atoms with Crippen molar-refractivity contribution in [1.29, 1.82) is 0 Å². The Morgan fingerprint density at radius 2 is 1.63 bits per heavy atom. The third kappa shape index (κ3) is 4.60. The Morgan fingerprint density at radius 3 is 2.21 bits per heavy atom. The summed E-state index contributed by atoms with van der Waals surface area (Å²) < 4.78 is 1.83. The fourth-order valence-corrected chi connectivity index (χ4v) is 5.70. The molecule has 1 saturated carbocycles. The monoisotopic (exact) mass is 514 g/mol. The Labute approximate surface area is 221 Å². The van der Waals surface area contributed by atoms with E-state index in [-0.39, 0.29) is 12.0 Å². The molecule has 2 aromatic carbocycles. The fourth-order valence-electron chi connectivity index (χ4n) is 5.70. The lowest BCUT2D eigenvalue weighted by atomic mass is 9.91. The fraction of sp³-hybridized carbons (Fsp3) is 0.393. The van der Waals surface area contributed by atoms with Crippen molar-refractivity contribution in [3.8, 4) is 0 Å². The predicted octanol–water partition coefficient (Wildman–Crippen LogP) is 1.60. The van der Waals surface area contributed by atoms with E-state index >= 15 is 0 Å². The first-order valence-electron chi connectivity index (χ1n) is 13.2. The standard InChI is InChI=1S/C28H34N8O2/c29-19-11-12-35(15-19)28-33-26(23-27(34-28)36(16-32-23)22-13-21(30)24(37)25(22)38)31-14-20(17-7-3-1-4-8-17)18-9-5-2-6-10-18/h1-10,16,19-22,24-25,37-38H,11-15,29-30H2,(H,31,33,34)/t19-,21+,22-,24-,25+/m1/s1. The number of nitrogens with two attached hydrogens (primary N) is 2. The van der Waals surface area contributed by atoms with Crippen molar-refractivity contribution in [3.63, 3.8) is 0 Å². The molecular formula is C28H34N8O2. The smallest absolute Gasteiger partial charge is 0.229 e. The normalized spacial score (nSPS) is 25.5. The van der Waals surface area contributed by atoms with E-state index < -0.39 is 24.3 Å². The minimum atomic E-state index is -1.00.